The molecule has 1 unspecified atom stereocenters. The molecule has 2 aromatic carbocycles. The molecule has 0 heterocycles. The van der Waals surface area contributed by atoms with Crippen molar-refractivity contribution in [3.8, 4) is 0 Å². The molecule has 0 aromatic heterocycles. The molecule has 2 aromatic rings. The molecule has 2 nitrogen and oxygen atoms in total. The zero-order valence-corrected chi connectivity index (χ0v) is 10.6. The number of halogens is 4. The van der Waals surface area contributed by atoms with E-state index in [2.05, 4.69) is 5.43 Å². The van der Waals surface area contributed by atoms with E-state index in [1.165, 1.54) is 12.1 Å². The van der Waals surface area contributed by atoms with Crippen molar-refractivity contribution in [3.63, 3.8) is 0 Å². The minimum absolute atomic E-state index is 0.0445. The van der Waals surface area contributed by atoms with Crippen LogP contribution in [0.3, 0.4) is 0 Å². The van der Waals surface area contributed by atoms with Crippen molar-refractivity contribution >= 4 is 0 Å². The number of nitrogens with two attached hydrogens (primary N) is 1. The van der Waals surface area contributed by atoms with Crippen LogP contribution in [0.25, 0.3) is 0 Å². The summed E-state index contributed by atoms with van der Waals surface area (Å²) < 4.78 is 53.8. The molecule has 0 fully saturated rings. The van der Waals surface area contributed by atoms with Crippen molar-refractivity contribution in [1.82, 2.24) is 5.43 Å². The number of nitrogens with one attached hydrogen (secondary N) is 1. The smallest absolute Gasteiger partial charge is 0.194 e. The molecular formula is C14H12F4N2. The third kappa shape index (κ3) is 2.52. The first-order valence-electron chi connectivity index (χ1n) is 5.81. The van der Waals surface area contributed by atoms with Crippen LogP contribution >= 0.6 is 0 Å². The van der Waals surface area contributed by atoms with Crippen LogP contribution in [-0.4, -0.2) is 0 Å². The van der Waals surface area contributed by atoms with Gasteiger partial charge in [0.25, 0.3) is 0 Å². The average molecular weight is 284 g/mol. The van der Waals surface area contributed by atoms with Crippen molar-refractivity contribution in [1.29, 1.82) is 0 Å². The van der Waals surface area contributed by atoms with Gasteiger partial charge in [0, 0.05) is 11.1 Å². The Morgan fingerprint density at radius 3 is 2.15 bits per heavy atom. The van der Waals surface area contributed by atoms with Crippen LogP contribution in [0.1, 0.15) is 22.7 Å². The molecule has 6 heteroatoms. The van der Waals surface area contributed by atoms with E-state index in [4.69, 9.17) is 5.84 Å². The minimum atomic E-state index is -1.62. The maximum atomic E-state index is 13.9. The van der Waals surface area contributed by atoms with Gasteiger partial charge in [-0.2, -0.15) is 0 Å². The van der Waals surface area contributed by atoms with Gasteiger partial charge >= 0.3 is 0 Å². The Labute approximate surface area is 113 Å². The summed E-state index contributed by atoms with van der Waals surface area (Å²) in [5, 5.41) is 0. The van der Waals surface area contributed by atoms with Crippen molar-refractivity contribution in [2.75, 3.05) is 0 Å². The predicted octanol–water partition coefficient (Wildman–Crippen LogP) is 3.10. The molecule has 0 aliphatic rings. The molecule has 20 heavy (non-hydrogen) atoms. The molecule has 3 N–H and O–H groups in total. The van der Waals surface area contributed by atoms with Crippen molar-refractivity contribution < 1.29 is 17.6 Å². The number of aryl methyl sites for hydroxylation is 1. The number of rotatable bonds is 3. The number of hydrogen-bond donors (Lipinski definition) is 2. The molecule has 0 saturated heterocycles. The van der Waals surface area contributed by atoms with Gasteiger partial charge in [0.15, 0.2) is 17.5 Å². The first-order chi connectivity index (χ1) is 9.45. The van der Waals surface area contributed by atoms with Crippen LogP contribution in [0, 0.1) is 30.2 Å². The second-order valence-electron chi connectivity index (χ2n) is 4.39. The van der Waals surface area contributed by atoms with Gasteiger partial charge < -0.3 is 0 Å². The molecule has 2 rings (SSSR count). The lowest BCUT2D eigenvalue weighted by Gasteiger charge is -2.19. The lowest BCUT2D eigenvalue weighted by molar-refractivity contribution is 0.431. The second-order valence-corrected chi connectivity index (χ2v) is 4.39. The second kappa shape index (κ2) is 5.60. The Morgan fingerprint density at radius 2 is 1.55 bits per heavy atom. The molecule has 0 radical (unpaired) electrons. The van der Waals surface area contributed by atoms with Gasteiger partial charge in [-0.1, -0.05) is 18.2 Å². The van der Waals surface area contributed by atoms with Crippen LogP contribution in [-0.2, 0) is 0 Å². The van der Waals surface area contributed by atoms with E-state index in [1.807, 2.05) is 0 Å². The van der Waals surface area contributed by atoms with E-state index in [1.54, 1.807) is 13.0 Å². The molecule has 0 spiro atoms. The predicted molar refractivity (Wildman–Crippen MR) is 66.6 cm³/mol. The maximum Gasteiger partial charge on any atom is 0.194 e. The van der Waals surface area contributed by atoms with Crippen molar-refractivity contribution in [3.05, 3.63) is 70.3 Å². The Balaban J connectivity index is 2.55. The first-order valence-corrected chi connectivity index (χ1v) is 5.81. The van der Waals surface area contributed by atoms with E-state index in [9.17, 15) is 17.6 Å². The number of hydrogen-bond acceptors (Lipinski definition) is 2. The molecular weight excluding hydrogens is 272 g/mol. The summed E-state index contributed by atoms with van der Waals surface area (Å²) in [4.78, 5) is 0. The fraction of sp³-hybridized carbons (Fsp3) is 0.143. The van der Waals surface area contributed by atoms with Crippen LogP contribution in [0.2, 0.25) is 0 Å². The monoisotopic (exact) mass is 284 g/mol. The zero-order valence-electron chi connectivity index (χ0n) is 10.6. The Hall–Kier alpha value is -1.92. The van der Waals surface area contributed by atoms with Crippen LogP contribution in [0.4, 0.5) is 17.6 Å². The van der Waals surface area contributed by atoms with Gasteiger partial charge in [0.2, 0.25) is 0 Å². The normalized spacial score (nSPS) is 12.5. The summed E-state index contributed by atoms with van der Waals surface area (Å²) in [5.41, 5.74) is 2.66. The lowest BCUT2D eigenvalue weighted by Crippen LogP contribution is -2.30. The maximum absolute atomic E-state index is 13.9. The van der Waals surface area contributed by atoms with Crippen LogP contribution in [0.5, 0.6) is 0 Å². The highest BCUT2D eigenvalue weighted by atomic mass is 19.2. The number of hydrazine groups is 1. The minimum Gasteiger partial charge on any atom is -0.271 e. The zero-order chi connectivity index (χ0) is 14.9. The van der Waals surface area contributed by atoms with E-state index in [0.29, 0.717) is 5.56 Å². The van der Waals surface area contributed by atoms with Crippen LogP contribution < -0.4 is 11.3 Å². The lowest BCUT2D eigenvalue weighted by atomic mass is 9.97. The third-order valence-electron chi connectivity index (χ3n) is 3.01. The van der Waals surface area contributed by atoms with Crippen molar-refractivity contribution in [2.45, 2.75) is 13.0 Å². The average Bonchev–Trinajstić information content (AvgIpc) is 2.41. The number of benzene rings is 2. The molecule has 0 bridgehead atoms. The fourth-order valence-corrected chi connectivity index (χ4v) is 1.98. The van der Waals surface area contributed by atoms with E-state index in [0.717, 1.165) is 12.1 Å². The van der Waals surface area contributed by atoms with E-state index < -0.39 is 29.3 Å². The van der Waals surface area contributed by atoms with Crippen LogP contribution in [0.15, 0.2) is 30.3 Å². The van der Waals surface area contributed by atoms with Gasteiger partial charge in [-0.3, -0.25) is 5.84 Å². The van der Waals surface area contributed by atoms with Gasteiger partial charge in [0.05, 0.1) is 6.04 Å². The van der Waals surface area contributed by atoms with Gasteiger partial charge in [-0.15, -0.1) is 0 Å². The summed E-state index contributed by atoms with van der Waals surface area (Å²) in [6.45, 7) is 1.69. The Kier molecular flexibility index (Phi) is 4.06. The highest BCUT2D eigenvalue weighted by molar-refractivity contribution is 5.35. The molecule has 1 atom stereocenters. The van der Waals surface area contributed by atoms with Gasteiger partial charge in [-0.05, 0) is 24.6 Å². The third-order valence-corrected chi connectivity index (χ3v) is 3.01. The Morgan fingerprint density at radius 1 is 0.900 bits per heavy atom. The molecule has 0 amide bonds. The summed E-state index contributed by atoms with van der Waals surface area (Å²) >= 11 is 0. The molecule has 106 valence electrons. The quantitative estimate of drug-likeness (QED) is 0.393. The molecule has 0 aliphatic carbocycles. The fourth-order valence-electron chi connectivity index (χ4n) is 1.98. The topological polar surface area (TPSA) is 38.0 Å². The standard InChI is InChI=1S/C14H12F4N2/c1-7-2-3-8(11(16)6-7)14(20-19)9-4-5-10(15)13(18)12(9)17/h2-6,14,20H,19H2,1H3. The first kappa shape index (κ1) is 14.5. The highest BCUT2D eigenvalue weighted by Crippen LogP contribution is 2.28. The Bertz CT molecular complexity index is 643. The van der Waals surface area contributed by atoms with Crippen molar-refractivity contribution in [2.24, 2.45) is 5.84 Å². The van der Waals surface area contributed by atoms with Gasteiger partial charge in [0.1, 0.15) is 5.82 Å². The molecule has 0 saturated carbocycles. The van der Waals surface area contributed by atoms with E-state index in [-0.39, 0.29) is 11.1 Å². The largest absolute Gasteiger partial charge is 0.271 e. The van der Waals surface area contributed by atoms with E-state index >= 15 is 0 Å². The summed E-state index contributed by atoms with van der Waals surface area (Å²) in [6.07, 6.45) is 0. The summed E-state index contributed by atoms with van der Waals surface area (Å²) in [5.74, 6) is 0.363. The summed E-state index contributed by atoms with van der Waals surface area (Å²) in [6, 6.07) is 4.95. The summed E-state index contributed by atoms with van der Waals surface area (Å²) in [7, 11) is 0. The SMILES string of the molecule is Cc1ccc(C(NN)c2ccc(F)c(F)c2F)c(F)c1. The van der Waals surface area contributed by atoms with Gasteiger partial charge in [-0.25, -0.2) is 23.0 Å². The molecule has 0 aliphatic heterocycles. The highest BCUT2D eigenvalue weighted by Gasteiger charge is 2.23.